The van der Waals surface area contributed by atoms with Gasteiger partial charge in [0.1, 0.15) is 6.04 Å². The topological polar surface area (TPSA) is 93.5 Å². The molecule has 0 bridgehead atoms. The molecule has 1 aromatic rings. The molecule has 11 heteroatoms. The van der Waals surface area contributed by atoms with Crippen LogP contribution in [0.3, 0.4) is 0 Å². The van der Waals surface area contributed by atoms with E-state index >= 15 is 0 Å². The Morgan fingerprint density at radius 2 is 1.94 bits per heavy atom. The van der Waals surface area contributed by atoms with Gasteiger partial charge >= 0.3 is 6.18 Å². The maximum absolute atomic E-state index is 13.6. The third-order valence-corrected chi connectivity index (χ3v) is 9.21. The van der Waals surface area contributed by atoms with Crippen molar-refractivity contribution in [2.75, 3.05) is 30.3 Å². The van der Waals surface area contributed by atoms with E-state index in [2.05, 4.69) is 5.32 Å². The summed E-state index contributed by atoms with van der Waals surface area (Å²) in [5.41, 5.74) is -1.59. The van der Waals surface area contributed by atoms with Crippen molar-refractivity contribution >= 4 is 21.6 Å². The van der Waals surface area contributed by atoms with Gasteiger partial charge in [0.25, 0.3) is 0 Å². The Hall–Kier alpha value is -2.32. The summed E-state index contributed by atoms with van der Waals surface area (Å²) in [7, 11) is -3.33. The predicted molar refractivity (Wildman–Crippen MR) is 120 cm³/mol. The molecule has 4 rings (SSSR count). The molecule has 0 radical (unpaired) electrons. The molecule has 1 N–H and O–H groups in total. The third-order valence-electron chi connectivity index (χ3n) is 7.13. The van der Waals surface area contributed by atoms with Crippen LogP contribution >= 0.6 is 0 Å². The number of rotatable bonds is 6. The van der Waals surface area contributed by atoms with Crippen LogP contribution in [0.1, 0.15) is 56.6 Å². The Morgan fingerprint density at radius 3 is 2.50 bits per heavy atom. The van der Waals surface area contributed by atoms with Crippen molar-refractivity contribution in [3.8, 4) is 6.07 Å². The number of sulfonamides is 1. The summed E-state index contributed by atoms with van der Waals surface area (Å²) >= 11 is 0. The number of hydrogen-bond donors (Lipinski definition) is 1. The molecule has 1 spiro atoms. The number of piperidine rings is 1. The SMILES string of the molecule is CCCS(=O)(=O)N1CCC2(CC1)CC(C(=O)NC1CC1)N(c1ccc(C#N)c(C(F)(F)F)c1)C2. The van der Waals surface area contributed by atoms with Crippen molar-refractivity contribution in [1.29, 1.82) is 5.26 Å². The number of carbonyl (C=O) groups excluding carboxylic acids is 1. The van der Waals surface area contributed by atoms with Crippen LogP contribution in [0.2, 0.25) is 0 Å². The summed E-state index contributed by atoms with van der Waals surface area (Å²) in [4.78, 5) is 14.8. The Morgan fingerprint density at radius 1 is 1.26 bits per heavy atom. The molecular formula is C23H29F3N4O3S. The molecular weight excluding hydrogens is 469 g/mol. The maximum atomic E-state index is 13.6. The van der Waals surface area contributed by atoms with E-state index in [1.54, 1.807) is 11.0 Å². The van der Waals surface area contributed by atoms with E-state index in [1.165, 1.54) is 10.4 Å². The van der Waals surface area contributed by atoms with Gasteiger partial charge in [0.15, 0.2) is 0 Å². The van der Waals surface area contributed by atoms with Gasteiger partial charge in [-0.2, -0.15) is 18.4 Å². The van der Waals surface area contributed by atoms with Crippen LogP contribution in [0.25, 0.3) is 0 Å². The van der Waals surface area contributed by atoms with E-state index in [1.807, 2.05) is 6.92 Å². The number of alkyl halides is 3. The van der Waals surface area contributed by atoms with Crippen molar-refractivity contribution in [1.82, 2.24) is 9.62 Å². The summed E-state index contributed by atoms with van der Waals surface area (Å²) in [6, 6.07) is 4.63. The molecule has 3 aliphatic rings. The number of anilines is 1. The minimum Gasteiger partial charge on any atom is -0.359 e. The molecule has 2 aliphatic heterocycles. The van der Waals surface area contributed by atoms with Crippen LogP contribution in [-0.2, 0) is 21.0 Å². The Balaban J connectivity index is 1.61. The van der Waals surface area contributed by atoms with Gasteiger partial charge in [0.2, 0.25) is 15.9 Å². The van der Waals surface area contributed by atoms with E-state index in [4.69, 9.17) is 5.26 Å². The summed E-state index contributed by atoms with van der Waals surface area (Å²) in [5.74, 6) is -0.123. The van der Waals surface area contributed by atoms with Crippen LogP contribution in [0.4, 0.5) is 18.9 Å². The number of nitriles is 1. The molecule has 1 unspecified atom stereocenters. The van der Waals surface area contributed by atoms with Crippen molar-refractivity contribution in [2.24, 2.45) is 5.41 Å². The van der Waals surface area contributed by atoms with Crippen molar-refractivity contribution in [3.63, 3.8) is 0 Å². The molecule has 186 valence electrons. The third kappa shape index (κ3) is 5.03. The first-order chi connectivity index (χ1) is 16.0. The lowest BCUT2D eigenvalue weighted by Gasteiger charge is -2.38. The second kappa shape index (κ2) is 9.04. The van der Waals surface area contributed by atoms with Gasteiger partial charge in [-0.05, 0) is 62.1 Å². The fourth-order valence-electron chi connectivity index (χ4n) is 5.12. The fourth-order valence-corrected chi connectivity index (χ4v) is 6.63. The zero-order valence-corrected chi connectivity index (χ0v) is 19.9. The van der Waals surface area contributed by atoms with Gasteiger partial charge in [-0.25, -0.2) is 12.7 Å². The summed E-state index contributed by atoms with van der Waals surface area (Å²) in [6.07, 6.45) is -0.838. The van der Waals surface area contributed by atoms with Crippen LogP contribution in [0.5, 0.6) is 0 Å². The molecule has 7 nitrogen and oxygen atoms in total. The number of benzene rings is 1. The summed E-state index contributed by atoms with van der Waals surface area (Å²) < 4.78 is 67.2. The van der Waals surface area contributed by atoms with Crippen molar-refractivity contribution in [3.05, 3.63) is 29.3 Å². The van der Waals surface area contributed by atoms with E-state index in [0.29, 0.717) is 45.3 Å². The van der Waals surface area contributed by atoms with Crippen LogP contribution in [0.15, 0.2) is 18.2 Å². The monoisotopic (exact) mass is 498 g/mol. The van der Waals surface area contributed by atoms with Gasteiger partial charge < -0.3 is 10.2 Å². The lowest BCUT2D eigenvalue weighted by atomic mass is 9.77. The molecule has 3 fully saturated rings. The Labute approximate surface area is 197 Å². The first-order valence-electron chi connectivity index (χ1n) is 11.6. The Kier molecular flexibility index (Phi) is 6.59. The standard InChI is InChI=1S/C23H29F3N4O3S/c1-2-11-34(32,33)29-9-7-22(8-10-29)13-20(21(31)28-17-4-5-17)30(15-22)18-6-3-16(14-27)19(12-18)23(24,25)26/h3,6,12,17,20H,2,4-5,7-11,13,15H2,1H3,(H,28,31). The zero-order valence-electron chi connectivity index (χ0n) is 19.1. The highest BCUT2D eigenvalue weighted by Crippen LogP contribution is 2.46. The number of carbonyl (C=O) groups is 1. The van der Waals surface area contributed by atoms with E-state index in [0.717, 1.165) is 25.0 Å². The molecule has 34 heavy (non-hydrogen) atoms. The molecule has 0 aromatic heterocycles. The second-order valence-corrected chi connectivity index (χ2v) is 11.8. The quantitative estimate of drug-likeness (QED) is 0.650. The average Bonchev–Trinajstić information content (AvgIpc) is 3.52. The largest absolute Gasteiger partial charge is 0.417 e. The normalized spacial score (nSPS) is 23.1. The average molecular weight is 499 g/mol. The lowest BCUT2D eigenvalue weighted by molar-refractivity contribution is -0.137. The highest BCUT2D eigenvalue weighted by atomic mass is 32.2. The lowest BCUT2D eigenvalue weighted by Crippen LogP contribution is -2.45. The van der Waals surface area contributed by atoms with Gasteiger partial charge in [0, 0.05) is 31.4 Å². The van der Waals surface area contributed by atoms with Crippen molar-refractivity contribution < 1.29 is 26.4 Å². The number of hydrogen-bond acceptors (Lipinski definition) is 5. The first-order valence-corrected chi connectivity index (χ1v) is 13.3. The first kappa shape index (κ1) is 24.8. The highest BCUT2D eigenvalue weighted by molar-refractivity contribution is 7.89. The summed E-state index contributed by atoms with van der Waals surface area (Å²) in [6.45, 7) is 2.86. The molecule has 1 atom stereocenters. The maximum Gasteiger partial charge on any atom is 0.417 e. The minimum absolute atomic E-state index is 0.0873. The van der Waals surface area contributed by atoms with Gasteiger partial charge in [-0.1, -0.05) is 6.92 Å². The number of nitrogens with zero attached hydrogens (tertiary/aromatic N) is 3. The van der Waals surface area contributed by atoms with Crippen LogP contribution in [-0.4, -0.2) is 56.1 Å². The molecule has 1 amide bonds. The van der Waals surface area contributed by atoms with Gasteiger partial charge in [0.05, 0.1) is 22.9 Å². The van der Waals surface area contributed by atoms with E-state index < -0.39 is 33.4 Å². The second-order valence-electron chi connectivity index (χ2n) is 9.69. The van der Waals surface area contributed by atoms with Crippen LogP contribution in [0, 0.1) is 16.7 Å². The number of amides is 1. The number of nitrogens with one attached hydrogen (secondary N) is 1. The van der Waals surface area contributed by atoms with Gasteiger partial charge in [-0.15, -0.1) is 0 Å². The Bertz CT molecular complexity index is 1090. The van der Waals surface area contributed by atoms with E-state index in [-0.39, 0.29) is 28.8 Å². The minimum atomic E-state index is -4.69. The van der Waals surface area contributed by atoms with Crippen molar-refractivity contribution in [2.45, 2.75) is 63.7 Å². The van der Waals surface area contributed by atoms with E-state index in [9.17, 15) is 26.4 Å². The molecule has 2 heterocycles. The molecule has 1 aliphatic carbocycles. The number of halogens is 3. The summed E-state index contributed by atoms with van der Waals surface area (Å²) in [5, 5.41) is 12.1. The predicted octanol–water partition coefficient (Wildman–Crippen LogP) is 3.26. The fraction of sp³-hybridized carbons (Fsp3) is 0.652. The van der Waals surface area contributed by atoms with Gasteiger partial charge in [-0.3, -0.25) is 4.79 Å². The zero-order chi connectivity index (χ0) is 24.7. The smallest absolute Gasteiger partial charge is 0.359 e. The molecule has 1 aromatic carbocycles. The highest BCUT2D eigenvalue weighted by Gasteiger charge is 2.50. The molecule has 1 saturated carbocycles. The molecule has 2 saturated heterocycles. The van der Waals surface area contributed by atoms with Crippen LogP contribution < -0.4 is 10.2 Å².